The molecule has 0 bridgehead atoms. The van der Waals surface area contributed by atoms with E-state index in [9.17, 15) is 18.0 Å². The molecule has 1 amide bonds. The van der Waals surface area contributed by atoms with Crippen LogP contribution in [0.2, 0.25) is 0 Å². The molecule has 1 aromatic carbocycles. The molecule has 0 radical (unpaired) electrons. The van der Waals surface area contributed by atoms with Gasteiger partial charge in [0, 0.05) is 11.4 Å². The zero-order valence-electron chi connectivity index (χ0n) is 12.1. The molecule has 1 saturated carbocycles. The fraction of sp³-hybridized carbons (Fsp3) is 0.429. The summed E-state index contributed by atoms with van der Waals surface area (Å²) < 4.78 is 25.3. The third-order valence-corrected chi connectivity index (χ3v) is 5.04. The topological polar surface area (TPSA) is 113 Å². The van der Waals surface area contributed by atoms with Gasteiger partial charge in [-0.3, -0.25) is 14.3 Å². The van der Waals surface area contributed by atoms with Crippen LogP contribution in [0, 0.1) is 11.8 Å². The van der Waals surface area contributed by atoms with E-state index < -0.39 is 27.8 Å². The second kappa shape index (κ2) is 6.35. The quantitative estimate of drug-likeness (QED) is 0.733. The Morgan fingerprint density at radius 3 is 2.14 bits per heavy atom. The van der Waals surface area contributed by atoms with Crippen molar-refractivity contribution in [2.45, 2.75) is 19.8 Å². The highest BCUT2D eigenvalue weighted by Crippen LogP contribution is 2.35. The van der Waals surface area contributed by atoms with Crippen LogP contribution in [-0.4, -0.2) is 31.2 Å². The monoisotopic (exact) mass is 326 g/mol. The minimum Gasteiger partial charge on any atom is -0.481 e. The average Bonchev–Trinajstić information content (AvgIpc) is 2.38. The van der Waals surface area contributed by atoms with Gasteiger partial charge in [0.1, 0.15) is 0 Å². The second-order valence-corrected chi connectivity index (χ2v) is 7.21. The smallest absolute Gasteiger partial charge is 0.307 e. The van der Waals surface area contributed by atoms with E-state index in [0.29, 0.717) is 24.2 Å². The van der Waals surface area contributed by atoms with Gasteiger partial charge < -0.3 is 10.4 Å². The molecule has 0 saturated heterocycles. The zero-order valence-corrected chi connectivity index (χ0v) is 12.9. The second-order valence-electron chi connectivity index (χ2n) is 5.20. The number of carboxylic acid groups (broad SMARTS) is 1. The van der Waals surface area contributed by atoms with Crippen LogP contribution in [0.4, 0.5) is 11.4 Å². The highest BCUT2D eigenvalue weighted by molar-refractivity contribution is 7.92. The summed E-state index contributed by atoms with van der Waals surface area (Å²) in [6.45, 7) is 1.54. The van der Waals surface area contributed by atoms with E-state index in [1.165, 1.54) is 19.1 Å². The summed E-state index contributed by atoms with van der Waals surface area (Å²) >= 11 is 0. The lowest BCUT2D eigenvalue weighted by atomic mass is 9.73. The van der Waals surface area contributed by atoms with Crippen molar-refractivity contribution in [3.63, 3.8) is 0 Å². The van der Waals surface area contributed by atoms with Crippen LogP contribution < -0.4 is 10.0 Å². The van der Waals surface area contributed by atoms with Crippen molar-refractivity contribution in [2.24, 2.45) is 11.8 Å². The van der Waals surface area contributed by atoms with E-state index in [1.807, 2.05) is 0 Å². The maximum Gasteiger partial charge on any atom is 0.307 e. The first-order valence-corrected chi connectivity index (χ1v) is 8.62. The molecule has 1 aliphatic rings. The van der Waals surface area contributed by atoms with Crippen LogP contribution in [-0.2, 0) is 19.6 Å². The lowest BCUT2D eigenvalue weighted by Gasteiger charge is -2.31. The number of hydrogen-bond acceptors (Lipinski definition) is 4. The maximum absolute atomic E-state index is 12.0. The van der Waals surface area contributed by atoms with Gasteiger partial charge in [0.2, 0.25) is 15.9 Å². The van der Waals surface area contributed by atoms with Crippen molar-refractivity contribution in [1.82, 2.24) is 0 Å². The molecule has 120 valence electrons. The van der Waals surface area contributed by atoms with E-state index in [4.69, 9.17) is 5.11 Å². The summed E-state index contributed by atoms with van der Waals surface area (Å²) in [4.78, 5) is 22.9. The molecule has 1 aromatic rings. The van der Waals surface area contributed by atoms with Gasteiger partial charge in [-0.15, -0.1) is 0 Å². The van der Waals surface area contributed by atoms with Gasteiger partial charge in [-0.05, 0) is 44.0 Å². The fourth-order valence-electron chi connectivity index (χ4n) is 2.22. The first-order chi connectivity index (χ1) is 10.3. The van der Waals surface area contributed by atoms with Gasteiger partial charge in [0.25, 0.3) is 0 Å². The summed E-state index contributed by atoms with van der Waals surface area (Å²) in [5.41, 5.74) is 0.910. The molecule has 1 fully saturated rings. The van der Waals surface area contributed by atoms with Crippen LogP contribution in [0.15, 0.2) is 24.3 Å². The van der Waals surface area contributed by atoms with E-state index in [0.717, 1.165) is 0 Å². The summed E-state index contributed by atoms with van der Waals surface area (Å²) in [6.07, 6.45) is 1.09. The Hall–Kier alpha value is -2.09. The Kier molecular flexibility index (Phi) is 4.70. The van der Waals surface area contributed by atoms with Crippen molar-refractivity contribution >= 4 is 33.3 Å². The summed E-state index contributed by atoms with van der Waals surface area (Å²) in [5.74, 6) is -2.41. The minimum absolute atomic E-state index is 0.0241. The van der Waals surface area contributed by atoms with Crippen molar-refractivity contribution in [3.05, 3.63) is 24.3 Å². The number of sulfonamides is 1. The van der Waals surface area contributed by atoms with E-state index in [2.05, 4.69) is 10.0 Å². The largest absolute Gasteiger partial charge is 0.481 e. The van der Waals surface area contributed by atoms with Crippen LogP contribution in [0.25, 0.3) is 0 Å². The molecule has 2 atom stereocenters. The molecule has 2 unspecified atom stereocenters. The number of carbonyl (C=O) groups is 2. The predicted molar refractivity (Wildman–Crippen MR) is 82.0 cm³/mol. The molecule has 0 aromatic heterocycles. The molecular weight excluding hydrogens is 308 g/mol. The molecule has 1 aliphatic carbocycles. The average molecular weight is 326 g/mol. The van der Waals surface area contributed by atoms with E-state index in [1.54, 1.807) is 12.1 Å². The Balaban J connectivity index is 1.97. The molecule has 0 aliphatic heterocycles. The molecule has 2 rings (SSSR count). The number of amides is 1. The Bertz CT molecular complexity index is 669. The molecule has 7 nitrogen and oxygen atoms in total. The van der Waals surface area contributed by atoms with E-state index in [-0.39, 0.29) is 11.7 Å². The van der Waals surface area contributed by atoms with Crippen molar-refractivity contribution in [2.75, 3.05) is 15.8 Å². The Morgan fingerprint density at radius 2 is 1.68 bits per heavy atom. The number of carboxylic acids is 1. The molecule has 22 heavy (non-hydrogen) atoms. The number of hydrogen-bond donors (Lipinski definition) is 3. The third kappa shape index (κ3) is 3.76. The van der Waals surface area contributed by atoms with Crippen LogP contribution in [0.3, 0.4) is 0 Å². The number of nitrogens with one attached hydrogen (secondary N) is 2. The van der Waals surface area contributed by atoms with Crippen LogP contribution >= 0.6 is 0 Å². The van der Waals surface area contributed by atoms with Crippen molar-refractivity contribution in [3.8, 4) is 0 Å². The normalized spacial score (nSPS) is 20.8. The Morgan fingerprint density at radius 1 is 1.14 bits per heavy atom. The third-order valence-electron chi connectivity index (χ3n) is 3.73. The predicted octanol–water partition coefficient (Wildman–Crippen LogP) is 1.50. The van der Waals surface area contributed by atoms with Gasteiger partial charge in [0.15, 0.2) is 0 Å². The zero-order chi connectivity index (χ0) is 16.3. The highest BCUT2D eigenvalue weighted by Gasteiger charge is 2.41. The minimum atomic E-state index is -3.34. The molecule has 3 N–H and O–H groups in total. The van der Waals surface area contributed by atoms with Crippen molar-refractivity contribution < 1.29 is 23.1 Å². The SMILES string of the molecule is CCS(=O)(=O)Nc1ccc(NC(=O)C2CCC2C(=O)O)cc1. The molecule has 0 heterocycles. The summed E-state index contributed by atoms with van der Waals surface area (Å²) in [6, 6.07) is 6.22. The standard InChI is InChI=1S/C14H18N2O5S/c1-2-22(20,21)16-10-5-3-9(4-6-10)15-13(17)11-7-8-12(11)14(18)19/h3-6,11-12,16H,2,7-8H2,1H3,(H,15,17)(H,18,19). The summed E-state index contributed by atoms with van der Waals surface area (Å²) in [7, 11) is -3.34. The van der Waals surface area contributed by atoms with Crippen molar-refractivity contribution in [1.29, 1.82) is 0 Å². The van der Waals surface area contributed by atoms with Gasteiger partial charge in [-0.1, -0.05) is 0 Å². The van der Waals surface area contributed by atoms with Crippen LogP contribution in [0.1, 0.15) is 19.8 Å². The first kappa shape index (κ1) is 16.3. The van der Waals surface area contributed by atoms with Crippen LogP contribution in [0.5, 0.6) is 0 Å². The van der Waals surface area contributed by atoms with E-state index >= 15 is 0 Å². The number of anilines is 2. The first-order valence-electron chi connectivity index (χ1n) is 6.96. The number of aliphatic carboxylic acids is 1. The van der Waals surface area contributed by atoms with Gasteiger partial charge in [-0.25, -0.2) is 8.42 Å². The van der Waals surface area contributed by atoms with Gasteiger partial charge >= 0.3 is 5.97 Å². The lowest BCUT2D eigenvalue weighted by molar-refractivity contribution is -0.151. The fourth-order valence-corrected chi connectivity index (χ4v) is 2.86. The Labute approximate surface area is 128 Å². The number of rotatable bonds is 6. The number of benzene rings is 1. The maximum atomic E-state index is 12.0. The molecule has 0 spiro atoms. The molecule has 8 heteroatoms. The number of carbonyl (C=O) groups excluding carboxylic acids is 1. The highest BCUT2D eigenvalue weighted by atomic mass is 32.2. The van der Waals surface area contributed by atoms with Gasteiger partial charge in [-0.2, -0.15) is 0 Å². The summed E-state index contributed by atoms with van der Waals surface area (Å²) in [5, 5.41) is 11.6. The lowest BCUT2D eigenvalue weighted by Crippen LogP contribution is -2.41. The molecular formula is C14H18N2O5S. The van der Waals surface area contributed by atoms with Gasteiger partial charge in [0.05, 0.1) is 17.6 Å².